The third-order valence-corrected chi connectivity index (χ3v) is 6.40. The highest BCUT2D eigenvalue weighted by Gasteiger charge is 2.31. The maximum Gasteiger partial charge on any atom is 0.410 e. The molecular weight excluding hydrogens is 460 g/mol. The van der Waals surface area contributed by atoms with Gasteiger partial charge < -0.3 is 24.7 Å². The summed E-state index contributed by atoms with van der Waals surface area (Å²) in [7, 11) is 0. The minimum Gasteiger partial charge on any atom is -0.447 e. The lowest BCUT2D eigenvalue weighted by Gasteiger charge is -2.39. The van der Waals surface area contributed by atoms with Crippen LogP contribution in [-0.2, 0) is 16.1 Å². The van der Waals surface area contributed by atoms with Crippen LogP contribution in [0.4, 0.5) is 16.5 Å². The number of benzene rings is 1. The van der Waals surface area contributed by atoms with E-state index in [1.165, 1.54) is 0 Å². The fraction of sp³-hybridized carbons (Fsp3) is 0.565. The van der Waals surface area contributed by atoms with Crippen LogP contribution in [0.25, 0.3) is 0 Å². The van der Waals surface area contributed by atoms with Gasteiger partial charge in [0.2, 0.25) is 11.8 Å². The van der Waals surface area contributed by atoms with Crippen molar-refractivity contribution in [2.45, 2.75) is 58.7 Å². The van der Waals surface area contributed by atoms with E-state index in [0.717, 1.165) is 29.9 Å². The second-order valence-electron chi connectivity index (χ2n) is 9.15. The summed E-state index contributed by atoms with van der Waals surface area (Å²) in [6.45, 7) is 11.1. The van der Waals surface area contributed by atoms with Crippen molar-refractivity contribution in [3.05, 3.63) is 34.2 Å². The zero-order chi connectivity index (χ0) is 24.4. The Labute approximate surface area is 204 Å². The number of amides is 2. The van der Waals surface area contributed by atoms with Gasteiger partial charge in [0.05, 0.1) is 6.10 Å². The predicted molar refractivity (Wildman–Crippen MR) is 127 cm³/mol. The van der Waals surface area contributed by atoms with Crippen LogP contribution >= 0.6 is 11.6 Å². The largest absolute Gasteiger partial charge is 0.447 e. The summed E-state index contributed by atoms with van der Waals surface area (Å²) < 4.78 is 11.1. The summed E-state index contributed by atoms with van der Waals surface area (Å²) in [4.78, 5) is 28.3. The number of halogens is 1. The van der Waals surface area contributed by atoms with Gasteiger partial charge in [0.15, 0.2) is 0 Å². The molecule has 2 aliphatic heterocycles. The molecule has 2 fully saturated rings. The minimum atomic E-state index is -0.405. The molecule has 2 aliphatic rings. The molecule has 0 radical (unpaired) electrons. The van der Waals surface area contributed by atoms with Crippen molar-refractivity contribution < 1.29 is 18.7 Å². The number of carbonyl (C=O) groups excluding carboxylic acids is 2. The van der Waals surface area contributed by atoms with Crippen LogP contribution in [0.3, 0.4) is 0 Å². The Kier molecular flexibility index (Phi) is 7.27. The average molecular weight is 491 g/mol. The van der Waals surface area contributed by atoms with Gasteiger partial charge in [0.25, 0.3) is 0 Å². The topological polar surface area (TPSA) is 113 Å². The number of carbonyl (C=O) groups is 2. The number of piperazine rings is 1. The van der Waals surface area contributed by atoms with Crippen molar-refractivity contribution in [1.29, 1.82) is 0 Å². The third kappa shape index (κ3) is 5.44. The normalized spacial score (nSPS) is 21.1. The summed E-state index contributed by atoms with van der Waals surface area (Å²) >= 11 is 6.43. The lowest BCUT2D eigenvalue weighted by Crippen LogP contribution is -2.54. The maximum absolute atomic E-state index is 12.3. The standard InChI is InChI=1S/C23H31ClN6O4/c1-13(2)33-23(32)30-8-7-29(11-14(30)3)12-16-9-17(24)10-19(15(16)4)26-22-28-27-21(34-22)18-5-6-25-20(18)31/h9-10,13-14,18H,5-8,11-12H2,1-4H3,(H,25,31)(H,26,28)/t14-,18?/m0/s1. The van der Waals surface area contributed by atoms with E-state index in [-0.39, 0.29) is 30.2 Å². The second kappa shape index (κ2) is 10.2. The Hall–Kier alpha value is -2.85. The molecule has 2 N–H and O–H groups in total. The molecule has 0 bridgehead atoms. The number of aromatic nitrogens is 2. The summed E-state index contributed by atoms with van der Waals surface area (Å²) in [5.41, 5.74) is 2.84. The molecule has 2 saturated heterocycles. The fourth-order valence-electron chi connectivity index (χ4n) is 4.36. The quantitative estimate of drug-likeness (QED) is 0.633. The van der Waals surface area contributed by atoms with Gasteiger partial charge >= 0.3 is 12.1 Å². The Bertz CT molecular complexity index is 1060. The van der Waals surface area contributed by atoms with Crippen LogP contribution in [0.1, 0.15) is 50.1 Å². The lowest BCUT2D eigenvalue weighted by molar-refractivity contribution is -0.120. The average Bonchev–Trinajstić information content (AvgIpc) is 3.39. The molecule has 4 rings (SSSR count). The number of hydrogen-bond acceptors (Lipinski definition) is 8. The number of nitrogens with one attached hydrogen (secondary N) is 2. The van der Waals surface area contributed by atoms with Gasteiger partial charge in [0, 0.05) is 49.5 Å². The molecule has 184 valence electrons. The van der Waals surface area contributed by atoms with Crippen molar-refractivity contribution in [3.63, 3.8) is 0 Å². The molecule has 0 aliphatic carbocycles. The number of nitrogens with zero attached hydrogens (tertiary/aromatic N) is 4. The van der Waals surface area contributed by atoms with E-state index in [2.05, 4.69) is 25.7 Å². The van der Waals surface area contributed by atoms with Crippen molar-refractivity contribution in [1.82, 2.24) is 25.3 Å². The number of anilines is 2. The minimum absolute atomic E-state index is 0.0432. The van der Waals surface area contributed by atoms with Crippen molar-refractivity contribution in [2.75, 3.05) is 31.5 Å². The maximum atomic E-state index is 12.3. The highest BCUT2D eigenvalue weighted by atomic mass is 35.5. The second-order valence-corrected chi connectivity index (χ2v) is 9.59. The van der Waals surface area contributed by atoms with Gasteiger partial charge in [0.1, 0.15) is 5.92 Å². The first-order valence-corrected chi connectivity index (χ1v) is 12.0. The molecule has 1 aromatic carbocycles. The smallest absolute Gasteiger partial charge is 0.410 e. The molecule has 34 heavy (non-hydrogen) atoms. The molecule has 10 nitrogen and oxygen atoms in total. The Morgan fingerprint density at radius 2 is 2.15 bits per heavy atom. The van der Waals surface area contributed by atoms with Crippen molar-refractivity contribution in [3.8, 4) is 0 Å². The van der Waals surface area contributed by atoms with Crippen LogP contribution in [0.15, 0.2) is 16.5 Å². The summed E-state index contributed by atoms with van der Waals surface area (Å²) in [6, 6.07) is 4.03. The first kappa shape index (κ1) is 24.3. The number of hydrogen-bond donors (Lipinski definition) is 2. The highest BCUT2D eigenvalue weighted by Crippen LogP contribution is 2.30. The van der Waals surface area contributed by atoms with Gasteiger partial charge in [-0.05, 0) is 57.4 Å². The summed E-state index contributed by atoms with van der Waals surface area (Å²) in [5.74, 6) is -0.194. The first-order valence-electron chi connectivity index (χ1n) is 11.6. The monoisotopic (exact) mass is 490 g/mol. The van der Waals surface area contributed by atoms with Crippen LogP contribution in [-0.4, -0.2) is 70.3 Å². The highest BCUT2D eigenvalue weighted by molar-refractivity contribution is 6.31. The summed E-state index contributed by atoms with van der Waals surface area (Å²) in [5, 5.41) is 14.6. The zero-order valence-electron chi connectivity index (χ0n) is 19.9. The van der Waals surface area contributed by atoms with Gasteiger partial charge in [-0.3, -0.25) is 9.69 Å². The van der Waals surface area contributed by atoms with Gasteiger partial charge in [-0.2, -0.15) is 0 Å². The Morgan fingerprint density at radius 1 is 1.35 bits per heavy atom. The van der Waals surface area contributed by atoms with E-state index in [1.54, 1.807) is 4.90 Å². The molecule has 1 unspecified atom stereocenters. The van der Waals surface area contributed by atoms with Crippen LogP contribution in [0.2, 0.25) is 5.02 Å². The first-order chi connectivity index (χ1) is 16.2. The van der Waals surface area contributed by atoms with Crippen LogP contribution < -0.4 is 10.6 Å². The fourth-order valence-corrected chi connectivity index (χ4v) is 4.60. The molecule has 3 heterocycles. The molecule has 0 spiro atoms. The molecule has 2 amide bonds. The molecule has 2 aromatic rings. The molecule has 11 heteroatoms. The third-order valence-electron chi connectivity index (χ3n) is 6.19. The number of ether oxygens (including phenoxy) is 1. The van der Waals surface area contributed by atoms with E-state index in [0.29, 0.717) is 37.0 Å². The molecule has 0 saturated carbocycles. The van der Waals surface area contributed by atoms with Crippen molar-refractivity contribution >= 4 is 35.3 Å². The van der Waals surface area contributed by atoms with E-state index < -0.39 is 5.92 Å². The van der Waals surface area contributed by atoms with E-state index in [9.17, 15) is 9.59 Å². The van der Waals surface area contributed by atoms with E-state index in [1.807, 2.05) is 39.8 Å². The van der Waals surface area contributed by atoms with E-state index in [4.69, 9.17) is 20.8 Å². The Balaban J connectivity index is 1.43. The van der Waals surface area contributed by atoms with Gasteiger partial charge in [-0.1, -0.05) is 16.7 Å². The molecule has 2 atom stereocenters. The zero-order valence-corrected chi connectivity index (χ0v) is 20.7. The molecule has 1 aromatic heterocycles. The van der Waals surface area contributed by atoms with Crippen LogP contribution in [0, 0.1) is 6.92 Å². The predicted octanol–water partition coefficient (Wildman–Crippen LogP) is 3.43. The Morgan fingerprint density at radius 3 is 2.82 bits per heavy atom. The van der Waals surface area contributed by atoms with Crippen LogP contribution in [0.5, 0.6) is 0 Å². The number of rotatable bonds is 6. The molecular formula is C23H31ClN6O4. The van der Waals surface area contributed by atoms with Gasteiger partial charge in [-0.15, -0.1) is 5.10 Å². The van der Waals surface area contributed by atoms with Gasteiger partial charge in [-0.25, -0.2) is 4.79 Å². The van der Waals surface area contributed by atoms with Crippen molar-refractivity contribution in [2.24, 2.45) is 0 Å². The lowest BCUT2D eigenvalue weighted by atomic mass is 10.0. The van der Waals surface area contributed by atoms with E-state index >= 15 is 0 Å². The SMILES string of the molecule is Cc1c(CN2CCN(C(=O)OC(C)C)[C@@H](C)C2)cc(Cl)cc1Nc1nnc(C2CCNC2=O)o1. The summed E-state index contributed by atoms with van der Waals surface area (Å²) in [6.07, 6.45) is 0.242.